The van der Waals surface area contributed by atoms with Gasteiger partial charge < -0.3 is 99.2 Å². The Kier molecular flexibility index (Phi) is 15.5. The van der Waals surface area contributed by atoms with Crippen LogP contribution in [0.3, 0.4) is 0 Å². The topological polar surface area (TPSA) is 325 Å². The summed E-state index contributed by atoms with van der Waals surface area (Å²) in [5.74, 6) is -0.723. The van der Waals surface area contributed by atoms with E-state index in [9.17, 15) is 61.0 Å². The molecule has 0 aliphatic carbocycles. The molecule has 0 saturated carbocycles. The van der Waals surface area contributed by atoms with Crippen molar-refractivity contribution in [1.82, 2.24) is 5.32 Å². The summed E-state index contributed by atoms with van der Waals surface area (Å²) in [5.41, 5.74) is 0. The van der Waals surface area contributed by atoms with Crippen LogP contribution in [0.15, 0.2) is 0 Å². The first-order valence-electron chi connectivity index (χ1n) is 15.8. The normalized spacial score (nSPS) is 49.3. The number of hydrogen-bond donors (Lipinski definition) is 12. The van der Waals surface area contributed by atoms with E-state index in [4.69, 9.17) is 37.7 Å². The first-order chi connectivity index (χ1) is 23.5. The molecule has 0 bridgehead atoms. The molecule has 0 spiro atoms. The number of aliphatic hydroxyl groups is 11. The third-order valence-corrected chi connectivity index (χ3v) is 9.73. The molecular formula is C27H49NO20P2. The van der Waals surface area contributed by atoms with E-state index in [0.29, 0.717) is 0 Å². The van der Waals surface area contributed by atoms with Crippen molar-refractivity contribution < 1.29 is 98.6 Å². The van der Waals surface area contributed by atoms with Crippen LogP contribution in [0.5, 0.6) is 0 Å². The number of ether oxygens (including phenoxy) is 7. The second-order valence-corrected chi connectivity index (χ2v) is 16.0. The summed E-state index contributed by atoms with van der Waals surface area (Å²) in [6.07, 6.45) is -31.2. The summed E-state index contributed by atoms with van der Waals surface area (Å²) < 4.78 is 46.7. The number of aliphatic hydroxyl groups excluding tert-OH is 11. The van der Waals surface area contributed by atoms with Crippen molar-refractivity contribution in [2.45, 2.75) is 137 Å². The molecule has 0 aromatic rings. The van der Waals surface area contributed by atoms with E-state index >= 15 is 0 Å². The molecule has 0 radical (unpaired) electrons. The molecule has 0 aromatic carbocycles. The Labute approximate surface area is 289 Å². The van der Waals surface area contributed by atoms with E-state index in [1.807, 2.05) is 0 Å². The maximum Gasteiger partial charge on any atom is 0.217 e. The zero-order chi connectivity index (χ0) is 37.2. The Morgan fingerprint density at radius 3 is 1.62 bits per heavy atom. The highest BCUT2D eigenvalue weighted by molar-refractivity contribution is 8.10. The Morgan fingerprint density at radius 1 is 0.620 bits per heavy atom. The van der Waals surface area contributed by atoms with Gasteiger partial charge in [-0.25, -0.2) is 0 Å². The van der Waals surface area contributed by atoms with Gasteiger partial charge in [0.1, 0.15) is 91.5 Å². The van der Waals surface area contributed by atoms with Gasteiger partial charge in [0.05, 0.1) is 25.9 Å². The van der Waals surface area contributed by atoms with E-state index in [1.165, 1.54) is 6.92 Å². The van der Waals surface area contributed by atoms with Crippen molar-refractivity contribution in [3.63, 3.8) is 0 Å². The molecule has 4 aliphatic rings. The van der Waals surface area contributed by atoms with Crippen molar-refractivity contribution in [2.24, 2.45) is 0 Å². The van der Waals surface area contributed by atoms with Crippen molar-refractivity contribution >= 4 is 22.7 Å². The van der Waals surface area contributed by atoms with Crippen LogP contribution in [0.2, 0.25) is 0 Å². The minimum atomic E-state index is -1.95. The Morgan fingerprint density at radius 2 is 1.08 bits per heavy atom. The molecule has 292 valence electrons. The van der Waals surface area contributed by atoms with Crippen LogP contribution >= 0.6 is 16.8 Å². The fourth-order valence-corrected chi connectivity index (χ4v) is 6.96. The number of carbonyl (C=O) groups is 1. The monoisotopic (exact) mass is 769 g/mol. The lowest BCUT2D eigenvalue weighted by Crippen LogP contribution is -2.71. The lowest BCUT2D eigenvalue weighted by molar-refractivity contribution is -0.385. The van der Waals surface area contributed by atoms with Gasteiger partial charge in [-0.2, -0.15) is 0 Å². The summed E-state index contributed by atoms with van der Waals surface area (Å²) in [7, 11) is 1.11. The van der Waals surface area contributed by atoms with E-state index in [1.54, 1.807) is 6.66 Å². The SMILES string of the molecule is CC(=O)NC1[C@H](OC2[C@@H](OP(C)P)OC(CO)[C@@H](O)[C@@H]2O)OC(CO)[C@@H](O[C@@H]2OC(CO)[C@H](O)[C@H](O)C2O)[C@@H]1O[C@@H]1OC(C)[C@@H](O)[C@H](O)C1O. The minimum absolute atomic E-state index is 0.695. The third kappa shape index (κ3) is 9.26. The molecule has 21 nitrogen and oxygen atoms in total. The van der Waals surface area contributed by atoms with Crippen LogP contribution in [0.4, 0.5) is 0 Å². The second kappa shape index (κ2) is 18.3. The predicted molar refractivity (Wildman–Crippen MR) is 165 cm³/mol. The first kappa shape index (κ1) is 42.3. The van der Waals surface area contributed by atoms with Crippen molar-refractivity contribution in [2.75, 3.05) is 26.5 Å². The molecule has 4 heterocycles. The van der Waals surface area contributed by atoms with Gasteiger partial charge in [0.15, 0.2) is 25.2 Å². The highest BCUT2D eigenvalue weighted by Crippen LogP contribution is 2.45. The minimum Gasteiger partial charge on any atom is -0.394 e. The standard InChI is InChI=1S/C27H49NO20P2/c1-7-13(33)16(36)19(39)25(41-7)46-22-12(28-8(2)32)24(47-23-18(38)15(35)10(5-30)43-27(23)48-50(3)49)44-11(6-31)21(22)45-26-20(40)17(37)14(34)9(4-29)42-26/h7,9-27,29-31,33-40H,4-6,49H2,1-3H3,(H,28,32)/t7?,9?,10?,11?,12?,13-,14+,15-,16+,17+,18+,19?,20?,21-,22-,23?,24+,25+,26+,27-,50?/m1/s1. The number of carbonyl (C=O) groups excluding carboxylic acids is 1. The molecule has 4 fully saturated rings. The maximum atomic E-state index is 12.6. The van der Waals surface area contributed by atoms with Crippen molar-refractivity contribution in [1.29, 1.82) is 0 Å². The summed E-state index contributed by atoms with van der Waals surface area (Å²) in [6, 6.07) is -1.56. The van der Waals surface area contributed by atoms with Crippen molar-refractivity contribution in [3.05, 3.63) is 0 Å². The van der Waals surface area contributed by atoms with E-state index in [0.717, 1.165) is 6.92 Å². The van der Waals surface area contributed by atoms with Gasteiger partial charge in [-0.1, -0.05) is 8.93 Å². The molecular weight excluding hydrogens is 720 g/mol. The number of hydrogen-bond acceptors (Lipinski definition) is 20. The number of amides is 1. The molecule has 4 rings (SSSR count). The fourth-order valence-electron chi connectivity index (χ4n) is 6.10. The van der Waals surface area contributed by atoms with Crippen LogP contribution in [-0.2, 0) is 42.5 Å². The molecule has 4 aliphatic heterocycles. The van der Waals surface area contributed by atoms with Crippen LogP contribution in [-0.4, -0.2) is 211 Å². The van der Waals surface area contributed by atoms with Gasteiger partial charge in [-0.15, -0.1) is 0 Å². The average molecular weight is 770 g/mol. The van der Waals surface area contributed by atoms with Gasteiger partial charge >= 0.3 is 0 Å². The van der Waals surface area contributed by atoms with E-state index < -0.39 is 156 Å². The van der Waals surface area contributed by atoms with Gasteiger partial charge in [0.2, 0.25) is 5.91 Å². The largest absolute Gasteiger partial charge is 0.394 e. The molecule has 1 amide bonds. The Bertz CT molecular complexity index is 1080. The summed E-state index contributed by atoms with van der Waals surface area (Å²) >= 11 is 0. The maximum absolute atomic E-state index is 12.6. The smallest absolute Gasteiger partial charge is 0.217 e. The Balaban J connectivity index is 1.74. The van der Waals surface area contributed by atoms with Crippen LogP contribution in [0.1, 0.15) is 13.8 Å². The molecule has 22 atom stereocenters. The zero-order valence-electron chi connectivity index (χ0n) is 27.3. The second-order valence-electron chi connectivity index (χ2n) is 12.5. The fraction of sp³-hybridized carbons (Fsp3) is 0.963. The molecule has 4 saturated heterocycles. The highest BCUT2D eigenvalue weighted by Gasteiger charge is 2.56. The number of rotatable bonds is 12. The molecule has 12 N–H and O–H groups in total. The van der Waals surface area contributed by atoms with Crippen LogP contribution in [0, 0.1) is 0 Å². The van der Waals surface area contributed by atoms with Gasteiger partial charge in [-0.3, -0.25) is 4.79 Å². The van der Waals surface area contributed by atoms with E-state index in [-0.39, 0.29) is 0 Å². The van der Waals surface area contributed by atoms with Crippen molar-refractivity contribution in [3.8, 4) is 0 Å². The predicted octanol–water partition coefficient (Wildman–Crippen LogP) is -6.74. The van der Waals surface area contributed by atoms with Gasteiger partial charge in [0, 0.05) is 14.8 Å². The summed E-state index contributed by atoms with van der Waals surface area (Å²) in [6.45, 7) is 1.74. The van der Waals surface area contributed by atoms with Gasteiger partial charge in [-0.05, 0) is 13.6 Å². The lowest BCUT2D eigenvalue weighted by atomic mass is 9.94. The lowest BCUT2D eigenvalue weighted by Gasteiger charge is -2.51. The third-order valence-electron chi connectivity index (χ3n) is 8.82. The number of nitrogens with one attached hydrogen (secondary N) is 1. The van der Waals surface area contributed by atoms with Crippen LogP contribution < -0.4 is 5.32 Å². The molecule has 0 aromatic heterocycles. The first-order valence-corrected chi connectivity index (χ1v) is 19.1. The molecule has 10 unspecified atom stereocenters. The Hall–Kier alpha value is -0.430. The van der Waals surface area contributed by atoms with Gasteiger partial charge in [0.25, 0.3) is 0 Å². The zero-order valence-corrected chi connectivity index (χ0v) is 29.3. The summed E-state index contributed by atoms with van der Waals surface area (Å²) in [5, 5.41) is 117. The molecule has 23 heteroatoms. The van der Waals surface area contributed by atoms with Crippen LogP contribution in [0.25, 0.3) is 0 Å². The highest BCUT2D eigenvalue weighted by atomic mass is 32.0. The molecule has 50 heavy (non-hydrogen) atoms. The quantitative estimate of drug-likeness (QED) is 0.0821. The van der Waals surface area contributed by atoms with E-state index in [2.05, 4.69) is 14.2 Å². The average Bonchev–Trinajstić information content (AvgIpc) is 3.07. The summed E-state index contributed by atoms with van der Waals surface area (Å²) in [4.78, 5) is 12.6.